The van der Waals surface area contributed by atoms with Crippen LogP contribution >= 0.6 is 11.6 Å². The van der Waals surface area contributed by atoms with E-state index in [2.05, 4.69) is 20.2 Å². The minimum Gasteiger partial charge on any atom is -0.482 e. The highest BCUT2D eigenvalue weighted by Crippen LogP contribution is 2.25. The van der Waals surface area contributed by atoms with Crippen molar-refractivity contribution in [3.05, 3.63) is 47.6 Å². The third kappa shape index (κ3) is 5.05. The molecule has 7 nitrogen and oxygen atoms in total. The van der Waals surface area contributed by atoms with Gasteiger partial charge >= 0.3 is 0 Å². The average Bonchev–Trinajstić information content (AvgIpc) is 3.10. The van der Waals surface area contributed by atoms with Crippen molar-refractivity contribution in [2.45, 2.75) is 18.6 Å². The van der Waals surface area contributed by atoms with Gasteiger partial charge < -0.3 is 19.7 Å². The Balaban J connectivity index is 1.53. The zero-order chi connectivity index (χ0) is 19.2. The molecule has 1 aromatic carbocycles. The number of halogens is 2. The molecule has 1 N–H and O–H groups in total. The smallest absolute Gasteiger partial charge is 0.258 e. The van der Waals surface area contributed by atoms with Crippen molar-refractivity contribution >= 4 is 23.3 Å². The first-order chi connectivity index (χ1) is 13.1. The monoisotopic (exact) mass is 394 g/mol. The molecule has 0 saturated carbocycles. The second kappa shape index (κ2) is 8.96. The Bertz CT molecular complexity index is 780. The summed E-state index contributed by atoms with van der Waals surface area (Å²) in [4.78, 5) is 22.4. The first kappa shape index (κ1) is 19.3. The largest absolute Gasteiger partial charge is 0.482 e. The third-order valence-corrected chi connectivity index (χ3v) is 4.65. The Morgan fingerprint density at radius 3 is 3.00 bits per heavy atom. The molecule has 27 heavy (non-hydrogen) atoms. The molecule has 1 amide bonds. The number of anilines is 1. The number of nitrogens with one attached hydrogen (secondary N) is 1. The minimum atomic E-state index is -0.462. The van der Waals surface area contributed by atoms with Crippen molar-refractivity contribution in [2.75, 3.05) is 31.7 Å². The fourth-order valence-electron chi connectivity index (χ4n) is 2.99. The van der Waals surface area contributed by atoms with E-state index in [0.717, 1.165) is 18.3 Å². The quantitative estimate of drug-likeness (QED) is 0.774. The van der Waals surface area contributed by atoms with Crippen LogP contribution in [0.5, 0.6) is 5.75 Å². The first-order valence-electron chi connectivity index (χ1n) is 8.47. The third-order valence-electron chi connectivity index (χ3n) is 4.36. The van der Waals surface area contributed by atoms with E-state index < -0.39 is 5.82 Å². The summed E-state index contributed by atoms with van der Waals surface area (Å²) >= 11 is 5.88. The molecule has 1 saturated heterocycles. The Labute approximate surface area is 161 Å². The highest BCUT2D eigenvalue weighted by molar-refractivity contribution is 6.32. The average molecular weight is 395 g/mol. The number of carbonyl (C=O) groups excluding carboxylic acids is 1. The summed E-state index contributed by atoms with van der Waals surface area (Å²) in [5, 5.41) is 2.97. The summed E-state index contributed by atoms with van der Waals surface area (Å²) in [5.41, 5.74) is 0. The van der Waals surface area contributed by atoms with Gasteiger partial charge in [0.1, 0.15) is 23.7 Å². The van der Waals surface area contributed by atoms with Gasteiger partial charge in [0.15, 0.2) is 6.61 Å². The molecule has 0 bridgehead atoms. The van der Waals surface area contributed by atoms with Crippen LogP contribution < -0.4 is 15.0 Å². The normalized spacial score (nSPS) is 19.1. The number of hydrogen-bond donors (Lipinski definition) is 1. The van der Waals surface area contributed by atoms with Crippen LogP contribution in [0.3, 0.4) is 0 Å². The first-order valence-corrected chi connectivity index (χ1v) is 8.84. The number of benzene rings is 1. The second-order valence-corrected chi connectivity index (χ2v) is 6.54. The lowest BCUT2D eigenvalue weighted by molar-refractivity contribution is -0.123. The Kier molecular flexibility index (Phi) is 6.41. The van der Waals surface area contributed by atoms with Crippen LogP contribution in [0.1, 0.15) is 6.42 Å². The molecular formula is C18H20ClFN4O3. The number of aromatic nitrogens is 2. The molecule has 2 atom stereocenters. The number of rotatable bonds is 7. The lowest BCUT2D eigenvalue weighted by atomic mass is 10.2. The highest BCUT2D eigenvalue weighted by atomic mass is 35.5. The SMILES string of the molecule is CO[C@H]1C[C@@H](CNC(=O)COc2ccc(F)cc2Cl)N(c2ccncn2)C1. The Morgan fingerprint density at radius 1 is 1.44 bits per heavy atom. The van der Waals surface area contributed by atoms with Gasteiger partial charge in [0.25, 0.3) is 5.91 Å². The van der Waals surface area contributed by atoms with E-state index in [9.17, 15) is 9.18 Å². The fourth-order valence-corrected chi connectivity index (χ4v) is 3.21. The topological polar surface area (TPSA) is 76.6 Å². The van der Waals surface area contributed by atoms with Crippen molar-refractivity contribution < 1.29 is 18.7 Å². The van der Waals surface area contributed by atoms with Gasteiger partial charge in [-0.2, -0.15) is 0 Å². The predicted molar refractivity (Wildman–Crippen MR) is 98.5 cm³/mol. The molecule has 0 aliphatic carbocycles. The highest BCUT2D eigenvalue weighted by Gasteiger charge is 2.33. The van der Waals surface area contributed by atoms with E-state index in [0.29, 0.717) is 13.1 Å². The molecule has 144 valence electrons. The maximum atomic E-state index is 13.0. The Morgan fingerprint density at radius 2 is 2.30 bits per heavy atom. The fraction of sp³-hybridized carbons (Fsp3) is 0.389. The van der Waals surface area contributed by atoms with Gasteiger partial charge in [0.05, 0.1) is 17.2 Å². The molecule has 2 aromatic rings. The van der Waals surface area contributed by atoms with Crippen LogP contribution in [0.4, 0.5) is 10.2 Å². The van der Waals surface area contributed by atoms with Gasteiger partial charge in [0, 0.05) is 26.4 Å². The molecule has 0 radical (unpaired) electrons. The van der Waals surface area contributed by atoms with Gasteiger partial charge in [-0.1, -0.05) is 11.6 Å². The van der Waals surface area contributed by atoms with Crippen LogP contribution in [-0.2, 0) is 9.53 Å². The predicted octanol–water partition coefficient (Wildman–Crippen LogP) is 2.06. The maximum absolute atomic E-state index is 13.0. The van der Waals surface area contributed by atoms with E-state index in [4.69, 9.17) is 21.1 Å². The van der Waals surface area contributed by atoms with E-state index in [1.807, 2.05) is 6.07 Å². The summed E-state index contributed by atoms with van der Waals surface area (Å²) in [5.74, 6) is 0.295. The number of amides is 1. The Hall–Kier alpha value is -2.45. The van der Waals surface area contributed by atoms with Crippen molar-refractivity contribution in [1.29, 1.82) is 0 Å². The number of methoxy groups -OCH3 is 1. The second-order valence-electron chi connectivity index (χ2n) is 6.13. The molecule has 9 heteroatoms. The van der Waals surface area contributed by atoms with Gasteiger partial charge in [-0.05, 0) is 30.7 Å². The van der Waals surface area contributed by atoms with Crippen molar-refractivity contribution in [3.8, 4) is 5.75 Å². The van der Waals surface area contributed by atoms with Gasteiger partial charge in [-0.25, -0.2) is 14.4 Å². The molecule has 1 aliphatic rings. The van der Waals surface area contributed by atoms with Crippen molar-refractivity contribution in [3.63, 3.8) is 0 Å². The summed E-state index contributed by atoms with van der Waals surface area (Å²) in [6, 6.07) is 5.62. The van der Waals surface area contributed by atoms with Crippen LogP contribution in [0.2, 0.25) is 5.02 Å². The molecule has 0 spiro atoms. The number of ether oxygens (including phenoxy) is 2. The molecular weight excluding hydrogens is 375 g/mol. The zero-order valence-corrected chi connectivity index (χ0v) is 15.5. The lowest BCUT2D eigenvalue weighted by Crippen LogP contribution is -2.42. The summed E-state index contributed by atoms with van der Waals surface area (Å²) in [6.45, 7) is 0.901. The molecule has 0 unspecified atom stereocenters. The number of nitrogens with zero attached hydrogens (tertiary/aromatic N) is 3. The van der Waals surface area contributed by atoms with Gasteiger partial charge in [0.2, 0.25) is 0 Å². The van der Waals surface area contributed by atoms with Crippen LogP contribution in [0.25, 0.3) is 0 Å². The number of carbonyl (C=O) groups is 1. The van der Waals surface area contributed by atoms with E-state index in [1.165, 1.54) is 18.5 Å². The van der Waals surface area contributed by atoms with Gasteiger partial charge in [-0.15, -0.1) is 0 Å². The minimum absolute atomic E-state index is 0.0446. The molecule has 1 aromatic heterocycles. The van der Waals surface area contributed by atoms with Crippen LogP contribution in [0.15, 0.2) is 36.8 Å². The molecule has 1 aliphatic heterocycles. The van der Waals surface area contributed by atoms with E-state index >= 15 is 0 Å². The summed E-state index contributed by atoms with van der Waals surface area (Å²) in [7, 11) is 1.67. The van der Waals surface area contributed by atoms with Crippen molar-refractivity contribution in [2.24, 2.45) is 0 Å². The van der Waals surface area contributed by atoms with E-state index in [1.54, 1.807) is 13.3 Å². The maximum Gasteiger partial charge on any atom is 0.258 e. The molecule has 1 fully saturated rings. The van der Waals surface area contributed by atoms with Gasteiger partial charge in [-0.3, -0.25) is 4.79 Å². The van der Waals surface area contributed by atoms with Crippen LogP contribution in [0, 0.1) is 5.82 Å². The summed E-state index contributed by atoms with van der Waals surface area (Å²) in [6.07, 6.45) is 4.01. The summed E-state index contributed by atoms with van der Waals surface area (Å²) < 4.78 is 23.8. The van der Waals surface area contributed by atoms with Crippen LogP contribution in [-0.4, -0.2) is 54.8 Å². The number of hydrogen-bond acceptors (Lipinski definition) is 6. The molecule has 3 rings (SSSR count). The van der Waals surface area contributed by atoms with Crippen molar-refractivity contribution in [1.82, 2.24) is 15.3 Å². The van der Waals surface area contributed by atoms with E-state index in [-0.39, 0.29) is 35.4 Å². The zero-order valence-electron chi connectivity index (χ0n) is 14.8. The lowest BCUT2D eigenvalue weighted by Gasteiger charge is -2.25. The standard InChI is InChI=1S/C18H20ClFN4O3/c1-26-14-7-13(24(9-14)17-4-5-21-11-23-17)8-22-18(25)10-27-16-3-2-12(20)6-15(16)19/h2-6,11,13-14H,7-10H2,1H3,(H,22,25)/t13-,14-/m0/s1. The molecule has 2 heterocycles.